The van der Waals surface area contributed by atoms with Crippen LogP contribution in [0.3, 0.4) is 0 Å². The molecular formula is C13H20O. The summed E-state index contributed by atoms with van der Waals surface area (Å²) in [5.41, 5.74) is 0. The van der Waals surface area contributed by atoms with Crippen molar-refractivity contribution in [2.45, 2.75) is 52.4 Å². The van der Waals surface area contributed by atoms with Gasteiger partial charge < -0.3 is 0 Å². The Kier molecular flexibility index (Phi) is 4.73. The summed E-state index contributed by atoms with van der Waals surface area (Å²) in [7, 11) is 0. The molecule has 0 bridgehead atoms. The molecule has 0 radical (unpaired) electrons. The van der Waals surface area contributed by atoms with Gasteiger partial charge in [-0.15, -0.1) is 11.8 Å². The largest absolute Gasteiger partial charge is 0.299 e. The second-order valence-corrected chi connectivity index (χ2v) is 4.22. The molecule has 0 saturated heterocycles. The Morgan fingerprint density at radius 2 is 2.29 bits per heavy atom. The lowest BCUT2D eigenvalue weighted by atomic mass is 9.77. The summed E-state index contributed by atoms with van der Waals surface area (Å²) in [6, 6.07) is 0. The van der Waals surface area contributed by atoms with Gasteiger partial charge in [-0.2, -0.15) is 0 Å². The van der Waals surface area contributed by atoms with E-state index in [1.54, 1.807) is 0 Å². The molecule has 1 aliphatic rings. The van der Waals surface area contributed by atoms with Gasteiger partial charge in [0.1, 0.15) is 5.78 Å². The molecule has 78 valence electrons. The van der Waals surface area contributed by atoms with Crippen LogP contribution in [-0.4, -0.2) is 5.78 Å². The van der Waals surface area contributed by atoms with E-state index >= 15 is 0 Å². The number of hydrogen-bond acceptors (Lipinski definition) is 1. The van der Waals surface area contributed by atoms with Crippen LogP contribution in [0.25, 0.3) is 0 Å². The van der Waals surface area contributed by atoms with Crippen molar-refractivity contribution < 1.29 is 4.79 Å². The van der Waals surface area contributed by atoms with Crippen molar-refractivity contribution in [2.75, 3.05) is 0 Å². The van der Waals surface area contributed by atoms with Crippen molar-refractivity contribution in [2.24, 2.45) is 11.8 Å². The monoisotopic (exact) mass is 192 g/mol. The summed E-state index contributed by atoms with van der Waals surface area (Å²) >= 11 is 0. The van der Waals surface area contributed by atoms with Crippen molar-refractivity contribution in [3.05, 3.63) is 0 Å². The highest BCUT2D eigenvalue weighted by atomic mass is 16.1. The maximum absolute atomic E-state index is 11.6. The first-order valence-electron chi connectivity index (χ1n) is 5.70. The Labute approximate surface area is 87.3 Å². The van der Waals surface area contributed by atoms with Gasteiger partial charge in [0.15, 0.2) is 0 Å². The van der Waals surface area contributed by atoms with Gasteiger partial charge in [-0.3, -0.25) is 4.79 Å². The fraction of sp³-hybridized carbons (Fsp3) is 0.769. The van der Waals surface area contributed by atoms with Gasteiger partial charge in [-0.25, -0.2) is 0 Å². The zero-order valence-electron chi connectivity index (χ0n) is 9.31. The molecule has 1 saturated carbocycles. The molecule has 0 aromatic rings. The van der Waals surface area contributed by atoms with Crippen molar-refractivity contribution in [3.8, 4) is 11.8 Å². The average Bonchev–Trinajstić information content (AvgIpc) is 2.19. The number of Topliss-reactive ketones (excluding diaryl/α,β-unsaturated/α-hetero) is 1. The molecule has 1 aliphatic carbocycles. The molecule has 0 aliphatic heterocycles. The molecule has 0 heterocycles. The smallest absolute Gasteiger partial charge is 0.136 e. The van der Waals surface area contributed by atoms with Gasteiger partial charge in [0, 0.05) is 18.8 Å². The molecule has 0 aromatic heterocycles. The first-order chi connectivity index (χ1) is 6.77. The number of hydrogen-bond donors (Lipinski definition) is 0. The van der Waals surface area contributed by atoms with Crippen molar-refractivity contribution in [3.63, 3.8) is 0 Å². The zero-order valence-corrected chi connectivity index (χ0v) is 9.31. The number of carbonyl (C=O) groups excluding carboxylic acids is 1. The van der Waals surface area contributed by atoms with Gasteiger partial charge in [0.2, 0.25) is 0 Å². The average molecular weight is 192 g/mol. The summed E-state index contributed by atoms with van der Waals surface area (Å²) in [5.74, 6) is 7.39. The van der Waals surface area contributed by atoms with Crippen LogP contribution in [0.15, 0.2) is 0 Å². The molecule has 0 amide bonds. The minimum absolute atomic E-state index is 0.243. The summed E-state index contributed by atoms with van der Waals surface area (Å²) in [5, 5.41) is 0. The Morgan fingerprint density at radius 3 is 2.93 bits per heavy atom. The summed E-state index contributed by atoms with van der Waals surface area (Å²) < 4.78 is 0. The molecule has 1 nitrogen and oxygen atoms in total. The van der Waals surface area contributed by atoms with Gasteiger partial charge in [0.05, 0.1) is 0 Å². The standard InChI is InChI=1S/C13H20O/c1-3-5-7-12-10-11(6-4-2)8-9-13(12)14/h11-12H,4,6-10H2,1-2H3. The van der Waals surface area contributed by atoms with Crippen molar-refractivity contribution in [1.82, 2.24) is 0 Å². The maximum atomic E-state index is 11.6. The summed E-state index contributed by atoms with van der Waals surface area (Å²) in [6.07, 6.45) is 6.30. The van der Waals surface area contributed by atoms with Crippen molar-refractivity contribution >= 4 is 5.78 Å². The SMILES string of the molecule is CC#CCC1CC(CCC)CCC1=O. The Morgan fingerprint density at radius 1 is 1.50 bits per heavy atom. The van der Waals surface area contributed by atoms with Gasteiger partial charge in [-0.05, 0) is 25.7 Å². The highest BCUT2D eigenvalue weighted by Crippen LogP contribution is 2.31. The summed E-state index contributed by atoms with van der Waals surface area (Å²) in [4.78, 5) is 11.6. The lowest BCUT2D eigenvalue weighted by Crippen LogP contribution is -2.24. The second-order valence-electron chi connectivity index (χ2n) is 4.22. The molecule has 1 heteroatoms. The van der Waals surface area contributed by atoms with E-state index in [0.717, 1.165) is 31.6 Å². The molecule has 0 spiro atoms. The van der Waals surface area contributed by atoms with E-state index in [-0.39, 0.29) is 5.92 Å². The lowest BCUT2D eigenvalue weighted by molar-refractivity contribution is -0.125. The molecule has 2 atom stereocenters. The van der Waals surface area contributed by atoms with Gasteiger partial charge >= 0.3 is 0 Å². The fourth-order valence-corrected chi connectivity index (χ4v) is 2.30. The molecule has 1 fully saturated rings. The molecular weight excluding hydrogens is 172 g/mol. The third-order valence-electron chi connectivity index (χ3n) is 3.09. The van der Waals surface area contributed by atoms with Crippen LogP contribution in [0.5, 0.6) is 0 Å². The Balaban J connectivity index is 2.44. The molecule has 0 aromatic carbocycles. The Bertz CT molecular complexity index is 244. The van der Waals surface area contributed by atoms with Crippen LogP contribution < -0.4 is 0 Å². The second kappa shape index (κ2) is 5.86. The molecule has 2 unspecified atom stereocenters. The van der Waals surface area contributed by atoms with Crippen LogP contribution >= 0.6 is 0 Å². The lowest BCUT2D eigenvalue weighted by Gasteiger charge is -2.26. The third kappa shape index (κ3) is 3.18. The first kappa shape index (κ1) is 11.3. The van der Waals surface area contributed by atoms with Crippen LogP contribution in [0, 0.1) is 23.7 Å². The van der Waals surface area contributed by atoms with E-state index in [2.05, 4.69) is 18.8 Å². The molecule has 0 N–H and O–H groups in total. The van der Waals surface area contributed by atoms with Crippen LogP contribution in [0.4, 0.5) is 0 Å². The van der Waals surface area contributed by atoms with E-state index in [1.165, 1.54) is 12.8 Å². The molecule has 1 rings (SSSR count). The fourth-order valence-electron chi connectivity index (χ4n) is 2.30. The van der Waals surface area contributed by atoms with Gasteiger partial charge in [0.25, 0.3) is 0 Å². The predicted octanol–water partition coefficient (Wildman–Crippen LogP) is 3.19. The van der Waals surface area contributed by atoms with Crippen LogP contribution in [0.1, 0.15) is 52.4 Å². The van der Waals surface area contributed by atoms with Crippen molar-refractivity contribution in [1.29, 1.82) is 0 Å². The van der Waals surface area contributed by atoms with E-state index in [0.29, 0.717) is 5.78 Å². The van der Waals surface area contributed by atoms with E-state index < -0.39 is 0 Å². The van der Waals surface area contributed by atoms with E-state index in [9.17, 15) is 4.79 Å². The normalized spacial score (nSPS) is 26.9. The zero-order chi connectivity index (χ0) is 10.4. The van der Waals surface area contributed by atoms with E-state index in [4.69, 9.17) is 0 Å². The van der Waals surface area contributed by atoms with E-state index in [1.807, 2.05) is 6.92 Å². The maximum Gasteiger partial charge on any atom is 0.136 e. The van der Waals surface area contributed by atoms with Gasteiger partial charge in [-0.1, -0.05) is 19.8 Å². The number of rotatable bonds is 3. The minimum Gasteiger partial charge on any atom is -0.299 e. The minimum atomic E-state index is 0.243. The quantitative estimate of drug-likeness (QED) is 0.628. The predicted molar refractivity (Wildman–Crippen MR) is 58.8 cm³/mol. The highest BCUT2D eigenvalue weighted by Gasteiger charge is 2.27. The summed E-state index contributed by atoms with van der Waals surface area (Å²) in [6.45, 7) is 4.06. The van der Waals surface area contributed by atoms with Crippen LogP contribution in [0.2, 0.25) is 0 Å². The van der Waals surface area contributed by atoms with Crippen LogP contribution in [-0.2, 0) is 4.79 Å². The third-order valence-corrected chi connectivity index (χ3v) is 3.09. The number of carbonyl (C=O) groups is 1. The first-order valence-corrected chi connectivity index (χ1v) is 5.70. The topological polar surface area (TPSA) is 17.1 Å². The Hall–Kier alpha value is -0.770. The highest BCUT2D eigenvalue weighted by molar-refractivity contribution is 5.82. The number of ketones is 1. The molecule has 14 heavy (non-hydrogen) atoms.